The third kappa shape index (κ3) is 4.69. The number of unbranched alkanes of at least 4 members (excludes halogenated alkanes) is 1. The maximum Gasteiger partial charge on any atom is 0.277 e. The van der Waals surface area contributed by atoms with Crippen LogP contribution in [-0.2, 0) is 0 Å². The molecule has 1 N–H and O–H groups in total. The van der Waals surface area contributed by atoms with E-state index in [4.69, 9.17) is 0 Å². The zero-order valence-electron chi connectivity index (χ0n) is 11.3. The van der Waals surface area contributed by atoms with Gasteiger partial charge in [0, 0.05) is 18.3 Å². The molecule has 1 heterocycles. The quantitative estimate of drug-likeness (QED) is 0.457. The maximum absolute atomic E-state index is 10.8. The standard InChI is InChI=1S/C13H21N3O2/c1-10(2)6-4-5-7-14-13-8-12(16(17)18)11(3)9-15-13/h8-10H,4-7H2,1-3H3,(H,14,15). The van der Waals surface area contributed by atoms with E-state index in [0.29, 0.717) is 11.4 Å². The molecule has 1 aromatic rings. The molecule has 0 spiro atoms. The van der Waals surface area contributed by atoms with Gasteiger partial charge in [-0.15, -0.1) is 0 Å². The van der Waals surface area contributed by atoms with Gasteiger partial charge in [0.1, 0.15) is 5.82 Å². The molecule has 5 nitrogen and oxygen atoms in total. The SMILES string of the molecule is Cc1cnc(NCCCCC(C)C)cc1[N+](=O)[O-]. The van der Waals surface area contributed by atoms with E-state index >= 15 is 0 Å². The summed E-state index contributed by atoms with van der Waals surface area (Å²) in [5.74, 6) is 1.31. The lowest BCUT2D eigenvalue weighted by Crippen LogP contribution is -2.05. The van der Waals surface area contributed by atoms with Crippen molar-refractivity contribution < 1.29 is 4.92 Å². The van der Waals surface area contributed by atoms with E-state index in [-0.39, 0.29) is 10.6 Å². The molecule has 5 heteroatoms. The summed E-state index contributed by atoms with van der Waals surface area (Å²) in [4.78, 5) is 14.5. The van der Waals surface area contributed by atoms with Crippen LogP contribution in [0.5, 0.6) is 0 Å². The largest absolute Gasteiger partial charge is 0.370 e. The van der Waals surface area contributed by atoms with Crippen LogP contribution in [0.1, 0.15) is 38.7 Å². The van der Waals surface area contributed by atoms with Crippen LogP contribution in [0.15, 0.2) is 12.3 Å². The van der Waals surface area contributed by atoms with Crippen molar-refractivity contribution in [2.45, 2.75) is 40.0 Å². The second-order valence-electron chi connectivity index (χ2n) is 4.93. The first kappa shape index (κ1) is 14.4. The van der Waals surface area contributed by atoms with Crippen LogP contribution >= 0.6 is 0 Å². The minimum Gasteiger partial charge on any atom is -0.370 e. The second kappa shape index (κ2) is 6.93. The lowest BCUT2D eigenvalue weighted by Gasteiger charge is -2.07. The number of aromatic nitrogens is 1. The average Bonchev–Trinajstić information content (AvgIpc) is 2.30. The highest BCUT2D eigenvalue weighted by molar-refractivity contribution is 5.48. The highest BCUT2D eigenvalue weighted by atomic mass is 16.6. The Morgan fingerprint density at radius 3 is 2.78 bits per heavy atom. The van der Waals surface area contributed by atoms with E-state index in [1.165, 1.54) is 25.1 Å². The number of nitro groups is 1. The number of pyridine rings is 1. The van der Waals surface area contributed by atoms with Crippen LogP contribution in [-0.4, -0.2) is 16.5 Å². The average molecular weight is 251 g/mol. The molecular formula is C13H21N3O2. The monoisotopic (exact) mass is 251 g/mol. The summed E-state index contributed by atoms with van der Waals surface area (Å²) in [6.07, 6.45) is 4.97. The van der Waals surface area contributed by atoms with E-state index in [1.54, 1.807) is 6.92 Å². The Hall–Kier alpha value is -1.65. The first-order chi connectivity index (χ1) is 8.50. The van der Waals surface area contributed by atoms with Gasteiger partial charge in [-0.2, -0.15) is 0 Å². The van der Waals surface area contributed by atoms with Gasteiger partial charge in [-0.3, -0.25) is 10.1 Å². The van der Waals surface area contributed by atoms with Gasteiger partial charge in [0.05, 0.1) is 11.0 Å². The molecule has 0 aliphatic carbocycles. The summed E-state index contributed by atoms with van der Waals surface area (Å²) in [7, 11) is 0. The first-order valence-corrected chi connectivity index (χ1v) is 6.35. The highest BCUT2D eigenvalue weighted by Gasteiger charge is 2.11. The molecule has 0 aliphatic heterocycles. The van der Waals surface area contributed by atoms with Gasteiger partial charge in [-0.1, -0.05) is 26.7 Å². The Morgan fingerprint density at radius 1 is 1.44 bits per heavy atom. The van der Waals surface area contributed by atoms with Crippen LogP contribution < -0.4 is 5.32 Å². The van der Waals surface area contributed by atoms with Gasteiger partial charge < -0.3 is 5.32 Å². The normalized spacial score (nSPS) is 10.7. The number of nitrogens with zero attached hydrogens (tertiary/aromatic N) is 2. The van der Waals surface area contributed by atoms with E-state index in [0.717, 1.165) is 18.9 Å². The van der Waals surface area contributed by atoms with Gasteiger partial charge >= 0.3 is 0 Å². The summed E-state index contributed by atoms with van der Waals surface area (Å²) < 4.78 is 0. The maximum atomic E-state index is 10.8. The number of hydrogen-bond donors (Lipinski definition) is 1. The van der Waals surface area contributed by atoms with Crippen LogP contribution in [0.2, 0.25) is 0 Å². The van der Waals surface area contributed by atoms with Crippen molar-refractivity contribution >= 4 is 11.5 Å². The lowest BCUT2D eigenvalue weighted by molar-refractivity contribution is -0.385. The van der Waals surface area contributed by atoms with Crippen LogP contribution in [0, 0.1) is 23.0 Å². The number of nitrogens with one attached hydrogen (secondary N) is 1. The number of hydrogen-bond acceptors (Lipinski definition) is 4. The Morgan fingerprint density at radius 2 is 2.17 bits per heavy atom. The molecular weight excluding hydrogens is 230 g/mol. The van der Waals surface area contributed by atoms with E-state index < -0.39 is 0 Å². The summed E-state index contributed by atoms with van der Waals surface area (Å²) in [5.41, 5.74) is 0.708. The molecule has 1 aromatic heterocycles. The van der Waals surface area contributed by atoms with Gasteiger partial charge in [0.15, 0.2) is 0 Å². The first-order valence-electron chi connectivity index (χ1n) is 6.35. The molecule has 0 aliphatic rings. The minimum absolute atomic E-state index is 0.120. The third-order valence-corrected chi connectivity index (χ3v) is 2.79. The fourth-order valence-electron chi connectivity index (χ4n) is 1.70. The lowest BCUT2D eigenvalue weighted by atomic mass is 10.1. The summed E-state index contributed by atoms with van der Waals surface area (Å²) in [6, 6.07) is 1.50. The van der Waals surface area contributed by atoms with Crippen LogP contribution in [0.25, 0.3) is 0 Å². The predicted octanol–water partition coefficient (Wildman–Crippen LogP) is 3.54. The van der Waals surface area contributed by atoms with Crippen LogP contribution in [0.4, 0.5) is 11.5 Å². The molecule has 0 radical (unpaired) electrons. The molecule has 0 saturated carbocycles. The summed E-state index contributed by atoms with van der Waals surface area (Å²) >= 11 is 0. The fraction of sp³-hybridized carbons (Fsp3) is 0.615. The van der Waals surface area contributed by atoms with Crippen molar-refractivity contribution in [3.8, 4) is 0 Å². The van der Waals surface area contributed by atoms with Crippen molar-refractivity contribution in [2.75, 3.05) is 11.9 Å². The van der Waals surface area contributed by atoms with E-state index in [2.05, 4.69) is 24.1 Å². The molecule has 0 fully saturated rings. The Labute approximate surface area is 108 Å². The molecule has 0 bridgehead atoms. The van der Waals surface area contributed by atoms with Crippen molar-refractivity contribution in [3.05, 3.63) is 27.9 Å². The van der Waals surface area contributed by atoms with Gasteiger partial charge in [0.2, 0.25) is 0 Å². The zero-order chi connectivity index (χ0) is 13.5. The number of rotatable bonds is 7. The molecule has 0 atom stereocenters. The summed E-state index contributed by atoms with van der Waals surface area (Å²) in [5, 5.41) is 13.9. The third-order valence-electron chi connectivity index (χ3n) is 2.79. The van der Waals surface area contributed by atoms with Crippen molar-refractivity contribution in [2.24, 2.45) is 5.92 Å². The molecule has 0 aromatic carbocycles. The van der Waals surface area contributed by atoms with Crippen molar-refractivity contribution in [1.82, 2.24) is 4.98 Å². The minimum atomic E-state index is -0.374. The van der Waals surface area contributed by atoms with Gasteiger partial charge in [-0.25, -0.2) is 4.98 Å². The zero-order valence-corrected chi connectivity index (χ0v) is 11.3. The predicted molar refractivity (Wildman–Crippen MR) is 72.8 cm³/mol. The van der Waals surface area contributed by atoms with E-state index in [1.807, 2.05) is 0 Å². The topological polar surface area (TPSA) is 68.1 Å². The Balaban J connectivity index is 2.43. The second-order valence-corrected chi connectivity index (χ2v) is 4.93. The summed E-state index contributed by atoms with van der Waals surface area (Å²) in [6.45, 7) is 6.91. The smallest absolute Gasteiger partial charge is 0.277 e. The molecule has 0 saturated heterocycles. The van der Waals surface area contributed by atoms with E-state index in [9.17, 15) is 10.1 Å². The van der Waals surface area contributed by atoms with Crippen molar-refractivity contribution in [1.29, 1.82) is 0 Å². The van der Waals surface area contributed by atoms with Crippen LogP contribution in [0.3, 0.4) is 0 Å². The number of anilines is 1. The Kier molecular flexibility index (Phi) is 5.55. The fourth-order valence-corrected chi connectivity index (χ4v) is 1.70. The molecule has 0 unspecified atom stereocenters. The van der Waals surface area contributed by atoms with Gasteiger partial charge in [0.25, 0.3) is 5.69 Å². The van der Waals surface area contributed by atoms with Gasteiger partial charge in [-0.05, 0) is 19.3 Å². The molecule has 100 valence electrons. The molecule has 1 rings (SSSR count). The molecule has 0 amide bonds. The Bertz CT molecular complexity index is 405. The number of aryl methyl sites for hydroxylation is 1. The van der Waals surface area contributed by atoms with Crippen molar-refractivity contribution in [3.63, 3.8) is 0 Å². The highest BCUT2D eigenvalue weighted by Crippen LogP contribution is 2.19. The molecule has 18 heavy (non-hydrogen) atoms.